The van der Waals surface area contributed by atoms with Crippen LogP contribution in [-0.4, -0.2) is 34.6 Å². The Morgan fingerprint density at radius 3 is 2.73 bits per heavy atom. The molecule has 1 amide bonds. The molecule has 0 unspecified atom stereocenters. The lowest BCUT2D eigenvalue weighted by Crippen LogP contribution is -2.35. The van der Waals surface area contributed by atoms with Crippen molar-refractivity contribution < 1.29 is 13.9 Å². The Morgan fingerprint density at radius 1 is 1.35 bits per heavy atom. The summed E-state index contributed by atoms with van der Waals surface area (Å²) in [5, 5.41) is 5.35. The summed E-state index contributed by atoms with van der Waals surface area (Å²) in [6, 6.07) is 6.18. The van der Waals surface area contributed by atoms with Crippen LogP contribution < -0.4 is 5.32 Å². The summed E-state index contributed by atoms with van der Waals surface area (Å²) >= 11 is 3.06. The average molecular weight is 395 g/mol. The van der Waals surface area contributed by atoms with Crippen molar-refractivity contribution in [1.29, 1.82) is 0 Å². The first kappa shape index (κ1) is 19.3. The number of hydrogen-bond acceptors (Lipinski definition) is 5. The van der Waals surface area contributed by atoms with Crippen molar-refractivity contribution in [3.8, 4) is 11.3 Å². The molecule has 1 aromatic carbocycles. The van der Waals surface area contributed by atoms with E-state index in [1.165, 1.54) is 23.5 Å². The molecule has 140 valence electrons. The maximum Gasteiger partial charge on any atom is 0.241 e. The fraction of sp³-hybridized carbons (Fsp3) is 0.474. The van der Waals surface area contributed by atoms with Crippen LogP contribution in [0.5, 0.6) is 0 Å². The van der Waals surface area contributed by atoms with Crippen LogP contribution in [0.3, 0.4) is 0 Å². The predicted octanol–water partition coefficient (Wildman–Crippen LogP) is 4.83. The number of rotatable bonds is 6. The largest absolute Gasteiger partial charge is 0.381 e. The van der Waals surface area contributed by atoms with Crippen LogP contribution in [0.25, 0.3) is 11.3 Å². The van der Waals surface area contributed by atoms with Gasteiger partial charge in [0.1, 0.15) is 5.82 Å². The number of nitrogens with one attached hydrogen (secondary N) is 1. The number of thiazole rings is 1. The SMILES string of the molecule is CC(C)(SCC1CCOCC1)C(=O)Nc1nc(-c2ccc(F)cc2)cs1. The highest BCUT2D eigenvalue weighted by Gasteiger charge is 2.30. The van der Waals surface area contributed by atoms with E-state index in [1.807, 2.05) is 19.2 Å². The monoisotopic (exact) mass is 394 g/mol. The van der Waals surface area contributed by atoms with Crippen LogP contribution in [-0.2, 0) is 9.53 Å². The molecule has 1 N–H and O–H groups in total. The molecule has 1 aliphatic heterocycles. The molecular weight excluding hydrogens is 371 g/mol. The van der Waals surface area contributed by atoms with Gasteiger partial charge < -0.3 is 10.1 Å². The minimum atomic E-state index is -0.528. The number of thioether (sulfide) groups is 1. The van der Waals surface area contributed by atoms with Crippen LogP contribution in [0.15, 0.2) is 29.6 Å². The second-order valence-electron chi connectivity index (χ2n) is 6.88. The van der Waals surface area contributed by atoms with Crippen molar-refractivity contribution in [2.45, 2.75) is 31.4 Å². The Kier molecular flexibility index (Phi) is 6.32. The van der Waals surface area contributed by atoms with Gasteiger partial charge in [0.2, 0.25) is 5.91 Å². The first-order valence-corrected chi connectivity index (χ1v) is 10.6. The lowest BCUT2D eigenvalue weighted by molar-refractivity contribution is -0.117. The summed E-state index contributed by atoms with van der Waals surface area (Å²) < 4.78 is 17.9. The normalized spacial score (nSPS) is 15.8. The van der Waals surface area contributed by atoms with Gasteiger partial charge in [-0.2, -0.15) is 0 Å². The highest BCUT2D eigenvalue weighted by atomic mass is 32.2. The van der Waals surface area contributed by atoms with E-state index < -0.39 is 4.75 Å². The van der Waals surface area contributed by atoms with E-state index in [9.17, 15) is 9.18 Å². The zero-order chi connectivity index (χ0) is 18.6. The molecule has 7 heteroatoms. The molecule has 0 radical (unpaired) electrons. The summed E-state index contributed by atoms with van der Waals surface area (Å²) in [6.45, 7) is 5.54. The van der Waals surface area contributed by atoms with Crippen molar-refractivity contribution in [3.05, 3.63) is 35.5 Å². The molecule has 0 spiro atoms. The minimum Gasteiger partial charge on any atom is -0.381 e. The van der Waals surface area contributed by atoms with E-state index in [2.05, 4.69) is 10.3 Å². The Bertz CT molecular complexity index is 740. The molecular formula is C19H23FN2O2S2. The van der Waals surface area contributed by atoms with E-state index in [4.69, 9.17) is 4.74 Å². The summed E-state index contributed by atoms with van der Waals surface area (Å²) in [5.74, 6) is 1.25. The molecule has 26 heavy (non-hydrogen) atoms. The maximum atomic E-state index is 13.0. The Labute approximate surface area is 161 Å². The smallest absolute Gasteiger partial charge is 0.241 e. The Morgan fingerprint density at radius 2 is 2.04 bits per heavy atom. The molecule has 0 saturated carbocycles. The topological polar surface area (TPSA) is 51.2 Å². The number of carbonyl (C=O) groups is 1. The van der Waals surface area contributed by atoms with Crippen LogP contribution in [0.2, 0.25) is 0 Å². The van der Waals surface area contributed by atoms with Crippen molar-refractivity contribution in [2.75, 3.05) is 24.3 Å². The fourth-order valence-corrected chi connectivity index (χ4v) is 4.52. The van der Waals surface area contributed by atoms with Crippen molar-refractivity contribution >= 4 is 34.1 Å². The molecule has 0 bridgehead atoms. The fourth-order valence-electron chi connectivity index (χ4n) is 2.64. The van der Waals surface area contributed by atoms with Crippen molar-refractivity contribution in [1.82, 2.24) is 4.98 Å². The third-order valence-corrected chi connectivity index (χ3v) is 6.74. The second kappa shape index (κ2) is 8.50. The lowest BCUT2D eigenvalue weighted by Gasteiger charge is -2.27. The summed E-state index contributed by atoms with van der Waals surface area (Å²) in [7, 11) is 0. The van der Waals surface area contributed by atoms with Gasteiger partial charge in [0, 0.05) is 24.2 Å². The number of carbonyl (C=O) groups excluding carboxylic acids is 1. The minimum absolute atomic E-state index is 0.0467. The standard InChI is InChI=1S/C19H23FN2O2S2/c1-19(2,26-11-13-7-9-24-10-8-13)17(23)22-18-21-16(12-25-18)14-3-5-15(20)6-4-14/h3-6,12-13H,7-11H2,1-2H3,(H,21,22,23). The van der Waals surface area contributed by atoms with E-state index in [0.717, 1.165) is 43.1 Å². The van der Waals surface area contributed by atoms with Gasteiger partial charge in [-0.15, -0.1) is 23.1 Å². The highest BCUT2D eigenvalue weighted by Crippen LogP contribution is 2.32. The molecule has 0 atom stereocenters. The number of nitrogens with zero attached hydrogens (tertiary/aromatic N) is 1. The average Bonchev–Trinajstić information content (AvgIpc) is 3.10. The third kappa shape index (κ3) is 5.05. The van der Waals surface area contributed by atoms with Gasteiger partial charge >= 0.3 is 0 Å². The molecule has 4 nitrogen and oxygen atoms in total. The van der Waals surface area contributed by atoms with E-state index in [0.29, 0.717) is 11.0 Å². The summed E-state index contributed by atoms with van der Waals surface area (Å²) in [5.41, 5.74) is 1.56. The maximum absolute atomic E-state index is 13.0. The second-order valence-corrected chi connectivity index (χ2v) is 9.38. The molecule has 0 aliphatic carbocycles. The number of benzene rings is 1. The van der Waals surface area contributed by atoms with Gasteiger partial charge in [0.15, 0.2) is 5.13 Å². The van der Waals surface area contributed by atoms with Crippen LogP contribution >= 0.6 is 23.1 Å². The molecule has 2 heterocycles. The van der Waals surface area contributed by atoms with E-state index in [-0.39, 0.29) is 11.7 Å². The Balaban J connectivity index is 1.57. The van der Waals surface area contributed by atoms with Crippen molar-refractivity contribution in [3.63, 3.8) is 0 Å². The van der Waals surface area contributed by atoms with Crippen LogP contribution in [0, 0.1) is 11.7 Å². The van der Waals surface area contributed by atoms with E-state index >= 15 is 0 Å². The number of hydrogen-bond donors (Lipinski definition) is 1. The van der Waals surface area contributed by atoms with Gasteiger partial charge in [-0.25, -0.2) is 9.37 Å². The number of anilines is 1. The lowest BCUT2D eigenvalue weighted by atomic mass is 10.0. The summed E-state index contributed by atoms with van der Waals surface area (Å²) in [6.07, 6.45) is 2.14. The predicted molar refractivity (Wildman–Crippen MR) is 106 cm³/mol. The van der Waals surface area contributed by atoms with Gasteiger partial charge in [0.25, 0.3) is 0 Å². The third-order valence-electron chi connectivity index (χ3n) is 4.43. The number of aromatic nitrogens is 1. The zero-order valence-electron chi connectivity index (χ0n) is 15.0. The molecule has 3 rings (SSSR count). The number of ether oxygens (including phenoxy) is 1. The van der Waals surface area contributed by atoms with Crippen LogP contribution in [0.4, 0.5) is 9.52 Å². The first-order chi connectivity index (χ1) is 12.4. The van der Waals surface area contributed by atoms with Crippen LogP contribution in [0.1, 0.15) is 26.7 Å². The van der Waals surface area contributed by atoms with Crippen molar-refractivity contribution in [2.24, 2.45) is 5.92 Å². The highest BCUT2D eigenvalue weighted by molar-refractivity contribution is 8.01. The van der Waals surface area contributed by atoms with Gasteiger partial charge in [-0.1, -0.05) is 0 Å². The van der Waals surface area contributed by atoms with E-state index in [1.54, 1.807) is 23.9 Å². The molecule has 2 aromatic rings. The van der Waals surface area contributed by atoms with Gasteiger partial charge in [-0.05, 0) is 62.6 Å². The number of amides is 1. The Hall–Kier alpha value is -1.44. The van der Waals surface area contributed by atoms with Gasteiger partial charge in [-0.3, -0.25) is 4.79 Å². The van der Waals surface area contributed by atoms with Gasteiger partial charge in [0.05, 0.1) is 10.4 Å². The quantitative estimate of drug-likeness (QED) is 0.763. The zero-order valence-corrected chi connectivity index (χ0v) is 16.6. The first-order valence-electron chi connectivity index (χ1n) is 8.69. The molecule has 1 fully saturated rings. The summed E-state index contributed by atoms with van der Waals surface area (Å²) in [4.78, 5) is 17.1. The number of halogens is 1. The molecule has 1 aliphatic rings. The molecule has 1 aromatic heterocycles. The molecule has 1 saturated heterocycles.